The lowest BCUT2D eigenvalue weighted by molar-refractivity contribution is -0.148. The first-order valence-electron chi connectivity index (χ1n) is 6.06. The van der Waals surface area contributed by atoms with E-state index in [0.29, 0.717) is 19.8 Å². The molecule has 1 aromatic rings. The van der Waals surface area contributed by atoms with Gasteiger partial charge in [-0.25, -0.2) is 0 Å². The number of esters is 1. The molecule has 0 saturated heterocycles. The fourth-order valence-corrected chi connectivity index (χ4v) is 1.44. The summed E-state index contributed by atoms with van der Waals surface area (Å²) in [7, 11) is 1.56. The third kappa shape index (κ3) is 5.80. The van der Waals surface area contributed by atoms with Crippen LogP contribution in [-0.2, 0) is 25.6 Å². The second-order valence-corrected chi connectivity index (χ2v) is 3.87. The summed E-state index contributed by atoms with van der Waals surface area (Å²) in [4.78, 5) is 11.6. The molecule has 0 bridgehead atoms. The number of carbonyl (C=O) groups is 1. The van der Waals surface area contributed by atoms with E-state index in [1.807, 2.05) is 37.3 Å². The molecule has 4 nitrogen and oxygen atoms in total. The summed E-state index contributed by atoms with van der Waals surface area (Å²) >= 11 is 0. The van der Waals surface area contributed by atoms with Crippen LogP contribution in [0.5, 0.6) is 0 Å². The van der Waals surface area contributed by atoms with Crippen molar-refractivity contribution >= 4 is 5.97 Å². The van der Waals surface area contributed by atoms with Gasteiger partial charge in [0.05, 0.1) is 19.1 Å². The molecule has 0 aliphatic rings. The Balaban J connectivity index is 2.28. The molecule has 100 valence electrons. The van der Waals surface area contributed by atoms with E-state index in [0.717, 1.165) is 5.56 Å². The van der Waals surface area contributed by atoms with E-state index < -0.39 is 0 Å². The van der Waals surface area contributed by atoms with Crippen LogP contribution >= 0.6 is 0 Å². The molecule has 0 N–H and O–H groups in total. The molecule has 0 fully saturated rings. The standard InChI is InChI=1S/C14H20O4/c1-3-17-11-13(16-2)9-14(15)18-10-12-7-5-4-6-8-12/h4-8,13H,3,9-11H2,1-2H3/t13-/m0/s1. The molecule has 0 saturated carbocycles. The molecule has 0 radical (unpaired) electrons. The van der Waals surface area contributed by atoms with Crippen LogP contribution in [0.3, 0.4) is 0 Å². The SMILES string of the molecule is CCOC[C@H](CC(=O)OCc1ccccc1)OC. The average molecular weight is 252 g/mol. The maximum absolute atomic E-state index is 11.6. The van der Waals surface area contributed by atoms with E-state index in [9.17, 15) is 4.79 Å². The summed E-state index contributed by atoms with van der Waals surface area (Å²) in [6, 6.07) is 9.59. The monoisotopic (exact) mass is 252 g/mol. The van der Waals surface area contributed by atoms with Crippen molar-refractivity contribution in [2.45, 2.75) is 26.1 Å². The topological polar surface area (TPSA) is 44.8 Å². The van der Waals surface area contributed by atoms with Gasteiger partial charge in [0.1, 0.15) is 6.61 Å². The van der Waals surface area contributed by atoms with Crippen LogP contribution in [0.2, 0.25) is 0 Å². The van der Waals surface area contributed by atoms with Crippen LogP contribution in [-0.4, -0.2) is 32.4 Å². The third-order valence-corrected chi connectivity index (χ3v) is 2.48. The van der Waals surface area contributed by atoms with Crippen molar-refractivity contribution in [1.82, 2.24) is 0 Å². The number of methoxy groups -OCH3 is 1. The average Bonchev–Trinajstić information content (AvgIpc) is 2.42. The molecular formula is C14H20O4. The highest BCUT2D eigenvalue weighted by atomic mass is 16.5. The highest BCUT2D eigenvalue weighted by Gasteiger charge is 2.14. The Morgan fingerprint density at radius 3 is 2.61 bits per heavy atom. The Morgan fingerprint density at radius 1 is 1.28 bits per heavy atom. The van der Waals surface area contributed by atoms with Gasteiger partial charge in [-0.2, -0.15) is 0 Å². The van der Waals surface area contributed by atoms with Gasteiger partial charge in [0.25, 0.3) is 0 Å². The zero-order valence-electron chi connectivity index (χ0n) is 10.9. The molecule has 18 heavy (non-hydrogen) atoms. The van der Waals surface area contributed by atoms with Crippen LogP contribution in [0, 0.1) is 0 Å². The minimum Gasteiger partial charge on any atom is -0.461 e. The number of ether oxygens (including phenoxy) is 3. The van der Waals surface area contributed by atoms with Crippen LogP contribution in [0.25, 0.3) is 0 Å². The fraction of sp³-hybridized carbons (Fsp3) is 0.500. The predicted molar refractivity (Wildman–Crippen MR) is 68.1 cm³/mol. The van der Waals surface area contributed by atoms with Crippen LogP contribution in [0.4, 0.5) is 0 Å². The Kier molecular flexibility index (Phi) is 7.06. The Bertz CT molecular complexity index is 337. The van der Waals surface area contributed by atoms with Gasteiger partial charge in [-0.15, -0.1) is 0 Å². The summed E-state index contributed by atoms with van der Waals surface area (Å²) in [5.74, 6) is -0.273. The molecule has 1 atom stereocenters. The fourth-order valence-electron chi connectivity index (χ4n) is 1.44. The number of benzene rings is 1. The van der Waals surface area contributed by atoms with Gasteiger partial charge >= 0.3 is 5.97 Å². The molecule has 1 aromatic carbocycles. The maximum atomic E-state index is 11.6. The molecule has 1 rings (SSSR count). The van der Waals surface area contributed by atoms with Gasteiger partial charge in [-0.1, -0.05) is 30.3 Å². The second-order valence-electron chi connectivity index (χ2n) is 3.87. The first-order chi connectivity index (χ1) is 8.76. The highest BCUT2D eigenvalue weighted by Crippen LogP contribution is 2.05. The zero-order chi connectivity index (χ0) is 13.2. The normalized spacial score (nSPS) is 12.1. The maximum Gasteiger partial charge on any atom is 0.308 e. The summed E-state index contributed by atoms with van der Waals surface area (Å²) in [5.41, 5.74) is 0.977. The van der Waals surface area contributed by atoms with Gasteiger partial charge in [0, 0.05) is 13.7 Å². The van der Waals surface area contributed by atoms with Crippen LogP contribution in [0.15, 0.2) is 30.3 Å². The molecule has 0 aliphatic carbocycles. The van der Waals surface area contributed by atoms with E-state index in [4.69, 9.17) is 14.2 Å². The Hall–Kier alpha value is -1.39. The smallest absolute Gasteiger partial charge is 0.308 e. The highest BCUT2D eigenvalue weighted by molar-refractivity contribution is 5.70. The van der Waals surface area contributed by atoms with Crippen molar-refractivity contribution < 1.29 is 19.0 Å². The van der Waals surface area contributed by atoms with E-state index in [1.165, 1.54) is 0 Å². The first kappa shape index (κ1) is 14.7. The van der Waals surface area contributed by atoms with Gasteiger partial charge in [-0.3, -0.25) is 4.79 Å². The largest absolute Gasteiger partial charge is 0.461 e. The van der Waals surface area contributed by atoms with Gasteiger partial charge in [-0.05, 0) is 12.5 Å². The molecule has 0 heterocycles. The Morgan fingerprint density at radius 2 is 2.00 bits per heavy atom. The second kappa shape index (κ2) is 8.66. The zero-order valence-corrected chi connectivity index (χ0v) is 10.9. The Labute approximate surface area is 108 Å². The van der Waals surface area contributed by atoms with Crippen LogP contribution < -0.4 is 0 Å². The van der Waals surface area contributed by atoms with Crippen LogP contribution in [0.1, 0.15) is 18.9 Å². The lowest BCUT2D eigenvalue weighted by Crippen LogP contribution is -2.23. The summed E-state index contributed by atoms with van der Waals surface area (Å²) in [6.07, 6.45) is -0.0307. The number of hydrogen-bond acceptors (Lipinski definition) is 4. The molecule has 0 aliphatic heterocycles. The van der Waals surface area contributed by atoms with Gasteiger partial charge in [0.15, 0.2) is 0 Å². The van der Waals surface area contributed by atoms with Crippen molar-refractivity contribution in [3.63, 3.8) is 0 Å². The van der Waals surface area contributed by atoms with Crippen molar-refractivity contribution in [3.05, 3.63) is 35.9 Å². The molecule has 4 heteroatoms. The number of hydrogen-bond donors (Lipinski definition) is 0. The van der Waals surface area contributed by atoms with E-state index in [1.54, 1.807) is 7.11 Å². The molecule has 0 spiro atoms. The summed E-state index contributed by atoms with van der Waals surface area (Å²) in [5, 5.41) is 0. The minimum absolute atomic E-state index is 0.212. The summed E-state index contributed by atoms with van der Waals surface area (Å²) in [6.45, 7) is 3.22. The lowest BCUT2D eigenvalue weighted by atomic mass is 10.2. The van der Waals surface area contributed by atoms with Crippen molar-refractivity contribution in [2.75, 3.05) is 20.3 Å². The minimum atomic E-state index is -0.273. The summed E-state index contributed by atoms with van der Waals surface area (Å²) < 4.78 is 15.5. The quantitative estimate of drug-likeness (QED) is 0.665. The van der Waals surface area contributed by atoms with Crippen molar-refractivity contribution in [2.24, 2.45) is 0 Å². The molecule has 0 aromatic heterocycles. The first-order valence-corrected chi connectivity index (χ1v) is 6.06. The predicted octanol–water partition coefficient (Wildman–Crippen LogP) is 2.17. The number of rotatable bonds is 8. The third-order valence-electron chi connectivity index (χ3n) is 2.48. The molecule has 0 unspecified atom stereocenters. The van der Waals surface area contributed by atoms with E-state index >= 15 is 0 Å². The van der Waals surface area contributed by atoms with E-state index in [2.05, 4.69) is 0 Å². The van der Waals surface area contributed by atoms with Gasteiger partial charge < -0.3 is 14.2 Å². The van der Waals surface area contributed by atoms with E-state index in [-0.39, 0.29) is 18.5 Å². The number of carbonyl (C=O) groups excluding carboxylic acids is 1. The van der Waals surface area contributed by atoms with Gasteiger partial charge in [0.2, 0.25) is 0 Å². The lowest BCUT2D eigenvalue weighted by Gasteiger charge is -2.14. The van der Waals surface area contributed by atoms with Crippen molar-refractivity contribution in [1.29, 1.82) is 0 Å². The van der Waals surface area contributed by atoms with Crippen molar-refractivity contribution in [3.8, 4) is 0 Å². The molecule has 0 amide bonds. The molecular weight excluding hydrogens is 232 g/mol.